The number of hydrogen-bond donors (Lipinski definition) is 3. The topological polar surface area (TPSA) is 137 Å². The quantitative estimate of drug-likeness (QED) is 0.226. The van der Waals surface area contributed by atoms with Gasteiger partial charge in [-0.05, 0) is 42.0 Å². The van der Waals surface area contributed by atoms with Crippen molar-refractivity contribution in [3.63, 3.8) is 0 Å². The molecular weight excluding hydrogens is 556 g/mol. The van der Waals surface area contributed by atoms with Gasteiger partial charge in [-0.1, -0.05) is 36.1 Å². The highest BCUT2D eigenvalue weighted by Crippen LogP contribution is 2.27. The molecule has 0 unspecified atom stereocenters. The van der Waals surface area contributed by atoms with Gasteiger partial charge in [0.2, 0.25) is 5.95 Å². The summed E-state index contributed by atoms with van der Waals surface area (Å²) >= 11 is 0. The second-order valence-corrected chi connectivity index (χ2v) is 9.21. The highest BCUT2D eigenvalue weighted by atomic mass is 19.2. The molecule has 2 heterocycles. The number of nitrogens with zero attached hydrogens (tertiary/aromatic N) is 4. The third-order valence-corrected chi connectivity index (χ3v) is 6.11. The lowest BCUT2D eigenvalue weighted by molar-refractivity contribution is 0.0956. The normalized spacial score (nSPS) is 10.6. The van der Waals surface area contributed by atoms with Crippen LogP contribution in [0.1, 0.15) is 21.5 Å². The van der Waals surface area contributed by atoms with Crippen LogP contribution in [-0.2, 0) is 6.54 Å². The van der Waals surface area contributed by atoms with Gasteiger partial charge in [-0.2, -0.15) is 0 Å². The number of ether oxygens (including phenoxy) is 1. The van der Waals surface area contributed by atoms with E-state index in [1.165, 1.54) is 12.4 Å². The van der Waals surface area contributed by atoms with Gasteiger partial charge in [0, 0.05) is 35.6 Å². The van der Waals surface area contributed by atoms with Crippen molar-refractivity contribution in [2.24, 2.45) is 5.73 Å². The Morgan fingerprint density at radius 1 is 1.05 bits per heavy atom. The van der Waals surface area contributed by atoms with Crippen LogP contribution in [0.4, 0.5) is 20.4 Å². The van der Waals surface area contributed by atoms with Crippen LogP contribution in [0.3, 0.4) is 0 Å². The molecule has 2 aromatic heterocycles. The first kappa shape index (κ1) is 28.8. The predicted molar refractivity (Wildman–Crippen MR) is 157 cm³/mol. The first-order valence-electron chi connectivity index (χ1n) is 13.1. The Balaban J connectivity index is 1.29. The number of benzene rings is 3. The summed E-state index contributed by atoms with van der Waals surface area (Å²) < 4.78 is 33.7. The fourth-order valence-electron chi connectivity index (χ4n) is 4.09. The van der Waals surface area contributed by atoms with Crippen LogP contribution in [0.25, 0.3) is 10.9 Å². The molecule has 0 radical (unpaired) electrons. The average Bonchev–Trinajstić information content (AvgIpc) is 3.01. The molecule has 4 N–H and O–H groups in total. The highest BCUT2D eigenvalue weighted by Gasteiger charge is 2.14. The molecule has 12 heteroatoms. The van der Waals surface area contributed by atoms with E-state index in [0.29, 0.717) is 40.3 Å². The minimum atomic E-state index is -1.03. The molecule has 0 saturated heterocycles. The van der Waals surface area contributed by atoms with Gasteiger partial charge in [-0.15, -0.1) is 0 Å². The largest absolute Gasteiger partial charge is 0.490 e. The molecule has 0 aliphatic carbocycles. The Labute approximate surface area is 244 Å². The number of carbonyl (C=O) groups excluding carboxylic acids is 1. The number of anilines is 2. The number of amides is 1. The third kappa shape index (κ3) is 7.16. The Kier molecular flexibility index (Phi) is 8.94. The smallest absolute Gasteiger partial charge is 0.266 e. The van der Waals surface area contributed by atoms with Crippen LogP contribution < -0.4 is 26.7 Å². The zero-order valence-electron chi connectivity index (χ0n) is 22.7. The zero-order valence-corrected chi connectivity index (χ0v) is 22.7. The van der Waals surface area contributed by atoms with Crippen molar-refractivity contribution in [2.75, 3.05) is 25.0 Å². The van der Waals surface area contributed by atoms with E-state index in [2.05, 4.69) is 37.4 Å². The van der Waals surface area contributed by atoms with Crippen LogP contribution in [0.15, 0.2) is 84.2 Å². The average molecular weight is 582 g/mol. The maximum absolute atomic E-state index is 13.6. The SMILES string of the molecule is NCCOc1cc(C#CCNC(=O)c2cncn(Cc3ccc(F)c(F)c3)c2=O)cc2cnc(Nc3ccccc3)nc12. The van der Waals surface area contributed by atoms with Crippen molar-refractivity contribution < 1.29 is 18.3 Å². The molecule has 216 valence electrons. The summed E-state index contributed by atoms with van der Waals surface area (Å²) in [6, 6.07) is 16.3. The van der Waals surface area contributed by atoms with Crippen molar-refractivity contribution in [3.8, 4) is 17.6 Å². The lowest BCUT2D eigenvalue weighted by atomic mass is 10.1. The summed E-state index contributed by atoms with van der Waals surface area (Å²) in [5.41, 5.74) is 7.14. The van der Waals surface area contributed by atoms with E-state index in [-0.39, 0.29) is 25.3 Å². The number of nitrogens with one attached hydrogen (secondary N) is 2. The number of fused-ring (bicyclic) bond motifs is 1. The molecule has 3 aromatic carbocycles. The number of carbonyl (C=O) groups is 1. The molecule has 0 spiro atoms. The second-order valence-electron chi connectivity index (χ2n) is 9.21. The van der Waals surface area contributed by atoms with E-state index in [0.717, 1.165) is 28.6 Å². The second kappa shape index (κ2) is 13.3. The van der Waals surface area contributed by atoms with Crippen LogP contribution in [0, 0.1) is 23.5 Å². The van der Waals surface area contributed by atoms with E-state index in [1.54, 1.807) is 18.3 Å². The molecule has 1 amide bonds. The molecule has 5 rings (SSSR count). The van der Waals surface area contributed by atoms with Crippen molar-refractivity contribution in [1.29, 1.82) is 0 Å². The molecule has 0 atom stereocenters. The highest BCUT2D eigenvalue weighted by molar-refractivity contribution is 5.93. The van der Waals surface area contributed by atoms with Crippen LogP contribution in [0.5, 0.6) is 5.75 Å². The van der Waals surface area contributed by atoms with E-state index in [4.69, 9.17) is 10.5 Å². The number of halogens is 2. The van der Waals surface area contributed by atoms with Gasteiger partial charge in [-0.3, -0.25) is 14.2 Å². The van der Waals surface area contributed by atoms with E-state index < -0.39 is 23.1 Å². The van der Waals surface area contributed by atoms with Crippen molar-refractivity contribution in [1.82, 2.24) is 24.8 Å². The summed E-state index contributed by atoms with van der Waals surface area (Å²) in [6.07, 6.45) is 4.01. The molecule has 5 aromatic rings. The summed E-state index contributed by atoms with van der Waals surface area (Å²) in [5, 5.41) is 6.43. The molecule has 10 nitrogen and oxygen atoms in total. The molecule has 0 aliphatic rings. The lowest BCUT2D eigenvalue weighted by Crippen LogP contribution is -2.33. The molecule has 43 heavy (non-hydrogen) atoms. The zero-order chi connectivity index (χ0) is 30.2. The Morgan fingerprint density at radius 2 is 1.88 bits per heavy atom. The van der Waals surface area contributed by atoms with Crippen LogP contribution in [-0.4, -0.2) is 45.1 Å². The van der Waals surface area contributed by atoms with Crippen LogP contribution in [0.2, 0.25) is 0 Å². The maximum atomic E-state index is 13.6. The van der Waals surface area contributed by atoms with E-state index in [1.807, 2.05) is 30.3 Å². The number of aromatic nitrogens is 4. The van der Waals surface area contributed by atoms with Gasteiger partial charge in [0.05, 0.1) is 19.4 Å². The third-order valence-electron chi connectivity index (χ3n) is 6.11. The molecule has 0 saturated carbocycles. The monoisotopic (exact) mass is 581 g/mol. The number of rotatable bonds is 9. The van der Waals surface area contributed by atoms with E-state index >= 15 is 0 Å². The minimum absolute atomic E-state index is 0.0657. The fourth-order valence-corrected chi connectivity index (χ4v) is 4.09. The van der Waals surface area contributed by atoms with Gasteiger partial charge in [-0.25, -0.2) is 23.7 Å². The summed E-state index contributed by atoms with van der Waals surface area (Å²) in [5.74, 6) is 4.00. The van der Waals surface area contributed by atoms with Crippen molar-refractivity contribution >= 4 is 28.4 Å². The van der Waals surface area contributed by atoms with Gasteiger partial charge < -0.3 is 21.1 Å². The Hall–Kier alpha value is -5.67. The maximum Gasteiger partial charge on any atom is 0.266 e. The van der Waals surface area contributed by atoms with Gasteiger partial charge in [0.15, 0.2) is 11.6 Å². The Bertz CT molecular complexity index is 1900. The van der Waals surface area contributed by atoms with Crippen LogP contribution >= 0.6 is 0 Å². The lowest BCUT2D eigenvalue weighted by Gasteiger charge is -2.11. The van der Waals surface area contributed by atoms with Gasteiger partial charge in [0.25, 0.3) is 11.5 Å². The number of para-hydroxylation sites is 1. The Morgan fingerprint density at radius 3 is 2.67 bits per heavy atom. The summed E-state index contributed by atoms with van der Waals surface area (Å²) in [7, 11) is 0. The van der Waals surface area contributed by atoms with Crippen molar-refractivity contribution in [2.45, 2.75) is 6.54 Å². The fraction of sp³-hybridized carbons (Fsp3) is 0.129. The number of nitrogens with two attached hydrogens (primary N) is 1. The molecular formula is C31H25F2N7O3. The summed E-state index contributed by atoms with van der Waals surface area (Å²) in [6.45, 7) is 0.421. The van der Waals surface area contributed by atoms with Crippen molar-refractivity contribution in [3.05, 3.63) is 118 Å². The summed E-state index contributed by atoms with van der Waals surface area (Å²) in [4.78, 5) is 38.4. The predicted octanol–water partition coefficient (Wildman–Crippen LogP) is 3.38. The number of hydrogen-bond acceptors (Lipinski definition) is 8. The minimum Gasteiger partial charge on any atom is -0.490 e. The molecule has 0 fully saturated rings. The first-order valence-corrected chi connectivity index (χ1v) is 13.1. The first-order chi connectivity index (χ1) is 20.9. The molecule has 0 aliphatic heterocycles. The molecule has 0 bridgehead atoms. The standard InChI is InChI=1S/C31H25F2N7O3/c32-25-9-8-21(14-26(25)33)18-40-19-35-17-24(30(40)42)29(41)36-11-4-5-20-13-22-16-37-31(38-23-6-2-1-3-7-23)39-28(22)27(15-20)43-12-10-34/h1-3,6-9,13-17,19H,10-12,18,34H2,(H,36,41)(H,37,38,39). The van der Waals surface area contributed by atoms with Gasteiger partial charge >= 0.3 is 0 Å². The van der Waals surface area contributed by atoms with Gasteiger partial charge in [0.1, 0.15) is 23.4 Å². The van der Waals surface area contributed by atoms with E-state index in [9.17, 15) is 18.4 Å².